The molecule has 0 aliphatic rings. The molecule has 8 nitrogen and oxygen atoms in total. The molecule has 9 heteroatoms. The van der Waals surface area contributed by atoms with Gasteiger partial charge in [0.05, 0.1) is 12.8 Å². The molecule has 1 heterocycles. The number of ether oxygens (including phenoxy) is 2. The Morgan fingerprint density at radius 3 is 2.74 bits per heavy atom. The van der Waals surface area contributed by atoms with Crippen LogP contribution < -0.4 is 15.8 Å². The van der Waals surface area contributed by atoms with Crippen molar-refractivity contribution in [3.05, 3.63) is 69.2 Å². The zero-order valence-corrected chi connectivity index (χ0v) is 15.3. The fourth-order valence-corrected chi connectivity index (χ4v) is 2.52. The van der Waals surface area contributed by atoms with Gasteiger partial charge in [-0.05, 0) is 36.8 Å². The lowest BCUT2D eigenvalue weighted by molar-refractivity contribution is 0.155. The molecule has 1 N–H and O–H groups in total. The Morgan fingerprint density at radius 1 is 1.30 bits per heavy atom. The second-order valence-corrected chi connectivity index (χ2v) is 5.95. The summed E-state index contributed by atoms with van der Waals surface area (Å²) >= 11 is 6.03. The lowest BCUT2D eigenvalue weighted by atomic mass is 10.2. The maximum atomic E-state index is 12.0. The van der Waals surface area contributed by atoms with Gasteiger partial charge in [-0.15, -0.1) is 0 Å². The van der Waals surface area contributed by atoms with Gasteiger partial charge in [-0.1, -0.05) is 34.9 Å². The molecule has 0 aliphatic carbocycles. The van der Waals surface area contributed by atoms with Gasteiger partial charge in [-0.25, -0.2) is 9.59 Å². The summed E-state index contributed by atoms with van der Waals surface area (Å²) in [4.78, 5) is 23.8. The van der Waals surface area contributed by atoms with Gasteiger partial charge in [0.2, 0.25) is 0 Å². The van der Waals surface area contributed by atoms with Crippen LogP contribution in [-0.2, 0) is 11.3 Å². The van der Waals surface area contributed by atoms with E-state index in [0.29, 0.717) is 27.5 Å². The number of benzene rings is 2. The monoisotopic (exact) mass is 389 g/mol. The zero-order valence-electron chi connectivity index (χ0n) is 14.6. The predicted octanol–water partition coefficient (Wildman–Crippen LogP) is 3.54. The average Bonchev–Trinajstić information content (AvgIpc) is 3.03. The fourth-order valence-electron chi connectivity index (χ4n) is 2.33. The number of hydrogen-bond donors (Lipinski definition) is 1. The third-order valence-electron chi connectivity index (χ3n) is 3.71. The standard InChI is InChI=1S/C18H16ClN3O5/c1-11-9-13(22-18(24)27-17(21-22)25-2)7-8-15(11)20-16(23)26-10-12-5-3-4-6-14(12)19/h3-9H,10H2,1-2H3,(H,20,23). The second-order valence-electron chi connectivity index (χ2n) is 5.54. The molecule has 0 saturated heterocycles. The Morgan fingerprint density at radius 2 is 2.07 bits per heavy atom. The normalized spacial score (nSPS) is 10.5. The SMILES string of the molecule is COc1nn(-c2ccc(NC(=O)OCc3ccccc3Cl)c(C)c2)c(=O)o1. The lowest BCUT2D eigenvalue weighted by Gasteiger charge is -2.11. The van der Waals surface area contributed by atoms with E-state index in [4.69, 9.17) is 25.5 Å². The van der Waals surface area contributed by atoms with Crippen LogP contribution in [0.25, 0.3) is 5.69 Å². The number of carbonyl (C=O) groups excluding carboxylic acids is 1. The Kier molecular flexibility index (Phi) is 5.46. The van der Waals surface area contributed by atoms with Gasteiger partial charge < -0.3 is 13.9 Å². The molecule has 0 atom stereocenters. The predicted molar refractivity (Wildman–Crippen MR) is 98.6 cm³/mol. The molecule has 0 unspecified atom stereocenters. The number of carbonyl (C=O) groups is 1. The molecule has 0 bridgehead atoms. The van der Waals surface area contributed by atoms with Crippen LogP contribution in [0, 0.1) is 6.92 Å². The summed E-state index contributed by atoms with van der Waals surface area (Å²) in [5.41, 5.74) is 2.42. The number of halogens is 1. The van der Waals surface area contributed by atoms with Crippen molar-refractivity contribution >= 4 is 23.4 Å². The number of methoxy groups -OCH3 is 1. The van der Waals surface area contributed by atoms with Gasteiger partial charge in [0, 0.05) is 16.3 Å². The van der Waals surface area contributed by atoms with Crippen LogP contribution in [0.4, 0.5) is 10.5 Å². The first-order valence-corrected chi connectivity index (χ1v) is 8.28. The van der Waals surface area contributed by atoms with Crippen LogP contribution in [0.5, 0.6) is 6.08 Å². The van der Waals surface area contributed by atoms with Crippen LogP contribution in [0.1, 0.15) is 11.1 Å². The van der Waals surface area contributed by atoms with E-state index in [2.05, 4.69) is 10.4 Å². The fraction of sp³-hybridized carbons (Fsp3) is 0.167. The van der Waals surface area contributed by atoms with Crippen LogP contribution in [-0.4, -0.2) is 23.0 Å². The molecule has 2 aromatic carbocycles. The Balaban J connectivity index is 1.68. The van der Waals surface area contributed by atoms with Gasteiger partial charge in [-0.2, -0.15) is 4.68 Å². The molecule has 27 heavy (non-hydrogen) atoms. The molecule has 0 radical (unpaired) electrons. The highest BCUT2D eigenvalue weighted by Gasteiger charge is 2.12. The maximum absolute atomic E-state index is 12.0. The number of rotatable bonds is 5. The van der Waals surface area contributed by atoms with Crippen molar-refractivity contribution in [1.29, 1.82) is 0 Å². The number of nitrogens with zero attached hydrogens (tertiary/aromatic N) is 2. The minimum Gasteiger partial charge on any atom is -0.452 e. The van der Waals surface area contributed by atoms with Crippen molar-refractivity contribution in [2.24, 2.45) is 0 Å². The number of anilines is 1. The number of nitrogens with one attached hydrogen (secondary N) is 1. The van der Waals surface area contributed by atoms with Crippen molar-refractivity contribution in [2.45, 2.75) is 13.5 Å². The Labute approximate surface area is 159 Å². The van der Waals surface area contributed by atoms with Crippen molar-refractivity contribution in [2.75, 3.05) is 12.4 Å². The van der Waals surface area contributed by atoms with Crippen LogP contribution in [0.2, 0.25) is 5.02 Å². The van der Waals surface area contributed by atoms with E-state index in [0.717, 1.165) is 4.68 Å². The van der Waals surface area contributed by atoms with E-state index >= 15 is 0 Å². The first kappa shape index (κ1) is 18.5. The summed E-state index contributed by atoms with van der Waals surface area (Å²) in [6.07, 6.45) is -0.756. The summed E-state index contributed by atoms with van der Waals surface area (Å²) in [6.45, 7) is 1.83. The summed E-state index contributed by atoms with van der Waals surface area (Å²) in [5.74, 6) is -0.675. The van der Waals surface area contributed by atoms with Crippen LogP contribution in [0.15, 0.2) is 51.7 Å². The molecule has 1 amide bonds. The summed E-state index contributed by atoms with van der Waals surface area (Å²) in [6, 6.07) is 12.0. The van der Waals surface area contributed by atoms with E-state index < -0.39 is 11.8 Å². The van der Waals surface area contributed by atoms with E-state index in [1.807, 2.05) is 6.07 Å². The highest BCUT2D eigenvalue weighted by Crippen LogP contribution is 2.20. The molecular formula is C18H16ClN3O5. The smallest absolute Gasteiger partial charge is 0.444 e. The van der Waals surface area contributed by atoms with Gasteiger partial charge in [-0.3, -0.25) is 5.32 Å². The molecule has 0 spiro atoms. The van der Waals surface area contributed by atoms with Crippen molar-refractivity contribution < 1.29 is 18.7 Å². The van der Waals surface area contributed by atoms with Crippen molar-refractivity contribution in [1.82, 2.24) is 9.78 Å². The molecule has 0 fully saturated rings. The summed E-state index contributed by atoms with van der Waals surface area (Å²) in [5, 5.41) is 7.07. The highest BCUT2D eigenvalue weighted by molar-refractivity contribution is 6.31. The van der Waals surface area contributed by atoms with Gasteiger partial charge in [0.1, 0.15) is 6.61 Å². The summed E-state index contributed by atoms with van der Waals surface area (Å²) in [7, 11) is 1.35. The average molecular weight is 390 g/mol. The molecule has 3 aromatic rings. The van der Waals surface area contributed by atoms with Crippen LogP contribution >= 0.6 is 11.6 Å². The number of hydrogen-bond acceptors (Lipinski definition) is 6. The molecule has 1 aromatic heterocycles. The number of aryl methyl sites for hydroxylation is 1. The third kappa shape index (κ3) is 4.29. The minimum absolute atomic E-state index is 0.0523. The zero-order chi connectivity index (χ0) is 19.4. The molecule has 140 valence electrons. The summed E-state index contributed by atoms with van der Waals surface area (Å²) < 4.78 is 15.9. The van der Waals surface area contributed by atoms with Gasteiger partial charge in [0.25, 0.3) is 0 Å². The second kappa shape index (κ2) is 7.96. The Hall–Kier alpha value is -3.26. The number of amides is 1. The largest absolute Gasteiger partial charge is 0.452 e. The molecular weight excluding hydrogens is 374 g/mol. The first-order chi connectivity index (χ1) is 13.0. The van der Waals surface area contributed by atoms with Gasteiger partial charge in [0.15, 0.2) is 0 Å². The molecule has 0 aliphatic heterocycles. The van der Waals surface area contributed by atoms with Crippen molar-refractivity contribution in [3.8, 4) is 11.8 Å². The van der Waals surface area contributed by atoms with E-state index in [9.17, 15) is 9.59 Å². The van der Waals surface area contributed by atoms with Crippen LogP contribution in [0.3, 0.4) is 0 Å². The molecule has 0 saturated carbocycles. The topological polar surface area (TPSA) is 95.6 Å². The van der Waals surface area contributed by atoms with E-state index in [-0.39, 0.29) is 12.7 Å². The quantitative estimate of drug-likeness (QED) is 0.717. The minimum atomic E-state index is -0.675. The Bertz CT molecular complexity index is 1030. The van der Waals surface area contributed by atoms with Crippen molar-refractivity contribution in [3.63, 3.8) is 0 Å². The number of aromatic nitrogens is 2. The first-order valence-electron chi connectivity index (χ1n) is 7.90. The third-order valence-corrected chi connectivity index (χ3v) is 4.08. The van der Waals surface area contributed by atoms with E-state index in [1.165, 1.54) is 7.11 Å². The lowest BCUT2D eigenvalue weighted by Crippen LogP contribution is -2.16. The van der Waals surface area contributed by atoms with E-state index in [1.54, 1.807) is 43.3 Å². The van der Waals surface area contributed by atoms with Gasteiger partial charge >= 0.3 is 17.9 Å². The maximum Gasteiger partial charge on any atom is 0.444 e. The highest BCUT2D eigenvalue weighted by atomic mass is 35.5. The molecule has 3 rings (SSSR count).